The molecule has 0 unspecified atom stereocenters. The summed E-state index contributed by atoms with van der Waals surface area (Å²) in [7, 11) is 0. The van der Waals surface area contributed by atoms with Gasteiger partial charge in [0.1, 0.15) is 0 Å². The Morgan fingerprint density at radius 2 is 1.25 bits per heavy atom. The van der Waals surface area contributed by atoms with Gasteiger partial charge in [0.05, 0.1) is 0 Å². The maximum absolute atomic E-state index is 10.6. The van der Waals surface area contributed by atoms with Crippen molar-refractivity contribution >= 4 is 17.7 Å². The molecular formula is C18H39N3O3. The number of carbonyl (C=O) groups excluding carboxylic acids is 3. The average Bonchev–Trinajstić information content (AvgIpc) is 2.36. The molecule has 0 saturated carbocycles. The van der Waals surface area contributed by atoms with Crippen molar-refractivity contribution in [3.8, 4) is 0 Å². The molecule has 0 heterocycles. The fourth-order valence-corrected chi connectivity index (χ4v) is 1.18. The second-order valence-electron chi connectivity index (χ2n) is 8.01. The zero-order valence-corrected chi connectivity index (χ0v) is 16.9. The van der Waals surface area contributed by atoms with Gasteiger partial charge in [-0.25, -0.2) is 0 Å². The van der Waals surface area contributed by atoms with Crippen LogP contribution in [0, 0.1) is 16.7 Å². The molecule has 0 fully saturated rings. The lowest BCUT2D eigenvalue weighted by molar-refractivity contribution is -0.126. The van der Waals surface area contributed by atoms with E-state index in [1.165, 1.54) is 0 Å². The third-order valence-corrected chi connectivity index (χ3v) is 3.25. The summed E-state index contributed by atoms with van der Waals surface area (Å²) in [5.74, 6) is -0.0712. The summed E-state index contributed by atoms with van der Waals surface area (Å²) in [6, 6.07) is 0. The minimum Gasteiger partial charge on any atom is -0.370 e. The van der Waals surface area contributed by atoms with Gasteiger partial charge in [-0.3, -0.25) is 14.4 Å². The first-order valence-electron chi connectivity index (χ1n) is 8.46. The van der Waals surface area contributed by atoms with Gasteiger partial charge in [-0.15, -0.1) is 0 Å². The third-order valence-electron chi connectivity index (χ3n) is 3.25. The summed E-state index contributed by atoms with van der Waals surface area (Å²) < 4.78 is 0. The Kier molecular flexibility index (Phi) is 14.5. The van der Waals surface area contributed by atoms with Gasteiger partial charge < -0.3 is 17.2 Å². The van der Waals surface area contributed by atoms with Crippen molar-refractivity contribution in [1.29, 1.82) is 0 Å². The maximum atomic E-state index is 10.6. The Morgan fingerprint density at radius 3 is 1.33 bits per heavy atom. The van der Waals surface area contributed by atoms with Crippen molar-refractivity contribution in [2.24, 2.45) is 33.9 Å². The summed E-state index contributed by atoms with van der Waals surface area (Å²) in [6.07, 6.45) is 3.32. The van der Waals surface area contributed by atoms with Crippen LogP contribution in [0.15, 0.2) is 0 Å². The van der Waals surface area contributed by atoms with Gasteiger partial charge in [0.2, 0.25) is 17.7 Å². The second-order valence-corrected chi connectivity index (χ2v) is 8.01. The Bertz CT molecular complexity index is 383. The molecule has 0 aliphatic rings. The number of carbonyl (C=O) groups is 3. The summed E-state index contributed by atoms with van der Waals surface area (Å²) in [5.41, 5.74) is 14.3. The van der Waals surface area contributed by atoms with E-state index in [0.29, 0.717) is 12.3 Å². The number of rotatable bonds is 6. The molecule has 0 rings (SSSR count). The Labute approximate surface area is 147 Å². The highest BCUT2D eigenvalue weighted by Crippen LogP contribution is 2.20. The van der Waals surface area contributed by atoms with Crippen molar-refractivity contribution in [1.82, 2.24) is 0 Å². The molecule has 6 nitrogen and oxygen atoms in total. The summed E-state index contributed by atoms with van der Waals surface area (Å²) >= 11 is 0. The molecule has 0 radical (unpaired) electrons. The fourth-order valence-electron chi connectivity index (χ4n) is 1.18. The van der Waals surface area contributed by atoms with Crippen LogP contribution in [0.4, 0.5) is 0 Å². The first-order valence-corrected chi connectivity index (χ1v) is 8.46. The van der Waals surface area contributed by atoms with Gasteiger partial charge in [-0.1, -0.05) is 61.8 Å². The van der Waals surface area contributed by atoms with Gasteiger partial charge in [0.15, 0.2) is 0 Å². The topological polar surface area (TPSA) is 129 Å². The first-order chi connectivity index (χ1) is 10.6. The van der Waals surface area contributed by atoms with E-state index in [1.807, 2.05) is 20.8 Å². The number of nitrogens with two attached hydrogens (primary N) is 3. The molecule has 0 aromatic heterocycles. The van der Waals surface area contributed by atoms with E-state index in [1.54, 1.807) is 20.8 Å². The number of amides is 3. The molecule has 0 aliphatic carbocycles. The molecule has 0 atom stereocenters. The second kappa shape index (κ2) is 12.8. The van der Waals surface area contributed by atoms with Gasteiger partial charge in [-0.2, -0.15) is 0 Å². The molecule has 0 spiro atoms. The Morgan fingerprint density at radius 1 is 0.875 bits per heavy atom. The minimum absolute atomic E-state index is 0.196. The zero-order chi connectivity index (χ0) is 20.1. The Hall–Kier alpha value is -1.59. The molecular weight excluding hydrogens is 306 g/mol. The Balaban J connectivity index is -0.000000278. The molecule has 6 N–H and O–H groups in total. The average molecular weight is 346 g/mol. The number of hydrogen-bond acceptors (Lipinski definition) is 3. The maximum Gasteiger partial charge on any atom is 0.223 e. The van der Waals surface area contributed by atoms with Crippen LogP contribution in [0.2, 0.25) is 0 Å². The standard InChI is InChI=1S/C7H15NO.C6H13NO.C5H11NO/c1-4-5-7(2,3)6(8)9;1-5(2)3-4-6(7)8;1-5(2,3)4(6)7/h4-5H2,1-3H3,(H2,8,9);5H,3-4H2,1-2H3,(H2,7,8);1-3H3,(H2,6,7). The van der Waals surface area contributed by atoms with Crippen molar-refractivity contribution in [2.75, 3.05) is 0 Å². The first kappa shape index (κ1) is 27.3. The molecule has 0 bridgehead atoms. The van der Waals surface area contributed by atoms with Gasteiger partial charge >= 0.3 is 0 Å². The van der Waals surface area contributed by atoms with Crippen molar-refractivity contribution < 1.29 is 14.4 Å². The zero-order valence-electron chi connectivity index (χ0n) is 16.9. The highest BCUT2D eigenvalue weighted by molar-refractivity contribution is 5.80. The molecule has 0 aliphatic heterocycles. The van der Waals surface area contributed by atoms with Crippen LogP contribution in [0.3, 0.4) is 0 Å². The van der Waals surface area contributed by atoms with Gasteiger partial charge in [0.25, 0.3) is 0 Å². The van der Waals surface area contributed by atoms with E-state index < -0.39 is 0 Å². The van der Waals surface area contributed by atoms with Crippen molar-refractivity contribution in [3.63, 3.8) is 0 Å². The van der Waals surface area contributed by atoms with Crippen LogP contribution < -0.4 is 17.2 Å². The van der Waals surface area contributed by atoms with Crippen LogP contribution in [-0.2, 0) is 14.4 Å². The SMILES string of the molecule is CC(C)(C)C(N)=O.CC(C)CCC(N)=O.CCCC(C)(C)C(N)=O. The lowest BCUT2D eigenvalue weighted by Crippen LogP contribution is -2.31. The molecule has 0 saturated heterocycles. The molecule has 24 heavy (non-hydrogen) atoms. The summed E-state index contributed by atoms with van der Waals surface area (Å²) in [5, 5.41) is 0. The number of primary amides is 3. The molecule has 144 valence electrons. The van der Waals surface area contributed by atoms with E-state index >= 15 is 0 Å². The van der Waals surface area contributed by atoms with Crippen molar-refractivity contribution in [3.05, 3.63) is 0 Å². The van der Waals surface area contributed by atoms with Crippen LogP contribution in [0.1, 0.15) is 81.1 Å². The molecule has 0 aromatic rings. The molecule has 0 aromatic carbocycles. The van der Waals surface area contributed by atoms with Gasteiger partial charge in [0, 0.05) is 17.3 Å². The van der Waals surface area contributed by atoms with Crippen LogP contribution in [0.25, 0.3) is 0 Å². The highest BCUT2D eigenvalue weighted by atomic mass is 16.2. The van der Waals surface area contributed by atoms with Crippen LogP contribution in [0.5, 0.6) is 0 Å². The van der Waals surface area contributed by atoms with Gasteiger partial charge in [-0.05, 0) is 18.8 Å². The largest absolute Gasteiger partial charge is 0.370 e. The van der Waals surface area contributed by atoms with E-state index in [-0.39, 0.29) is 28.6 Å². The van der Waals surface area contributed by atoms with E-state index in [9.17, 15) is 14.4 Å². The fraction of sp³-hybridized carbons (Fsp3) is 0.833. The van der Waals surface area contributed by atoms with E-state index in [0.717, 1.165) is 19.3 Å². The highest BCUT2D eigenvalue weighted by Gasteiger charge is 2.22. The normalized spacial score (nSPS) is 10.9. The smallest absolute Gasteiger partial charge is 0.223 e. The van der Waals surface area contributed by atoms with Crippen LogP contribution in [-0.4, -0.2) is 17.7 Å². The lowest BCUT2D eigenvalue weighted by atomic mass is 9.88. The predicted molar refractivity (Wildman–Crippen MR) is 99.8 cm³/mol. The molecule has 6 heteroatoms. The lowest BCUT2D eigenvalue weighted by Gasteiger charge is -2.18. The minimum atomic E-state index is -0.361. The van der Waals surface area contributed by atoms with E-state index in [2.05, 4.69) is 13.8 Å². The van der Waals surface area contributed by atoms with E-state index in [4.69, 9.17) is 17.2 Å². The monoisotopic (exact) mass is 345 g/mol. The van der Waals surface area contributed by atoms with Crippen LogP contribution >= 0.6 is 0 Å². The number of hydrogen-bond donors (Lipinski definition) is 3. The summed E-state index contributed by atoms with van der Waals surface area (Å²) in [6.45, 7) is 15.3. The van der Waals surface area contributed by atoms with Crippen molar-refractivity contribution in [2.45, 2.75) is 81.1 Å². The summed E-state index contributed by atoms with van der Waals surface area (Å²) in [4.78, 5) is 31.0. The predicted octanol–water partition coefficient (Wildman–Crippen LogP) is 2.72. The quantitative estimate of drug-likeness (QED) is 0.684. The molecule has 3 amide bonds. The third kappa shape index (κ3) is 20.4.